The largest absolute Gasteiger partial charge is 0.497 e. The van der Waals surface area contributed by atoms with E-state index in [-0.39, 0.29) is 11.8 Å². The number of aliphatic carboxylic acids is 1. The Bertz CT molecular complexity index is 1430. The van der Waals surface area contributed by atoms with Crippen molar-refractivity contribution >= 4 is 17.5 Å². The Morgan fingerprint density at radius 2 is 1.74 bits per heavy atom. The third-order valence-electron chi connectivity index (χ3n) is 6.31. The number of halogens is 3. The van der Waals surface area contributed by atoms with Crippen LogP contribution in [0.15, 0.2) is 67.1 Å². The molecule has 5 rings (SSSR count). The Morgan fingerprint density at radius 3 is 2.38 bits per heavy atom. The maximum Gasteiger partial charge on any atom is 0.490 e. The monoisotopic (exact) mass is 541 g/mol. The van der Waals surface area contributed by atoms with Gasteiger partial charge >= 0.3 is 12.1 Å². The zero-order chi connectivity index (χ0) is 28.0. The Morgan fingerprint density at radius 1 is 1.05 bits per heavy atom. The number of rotatable bonds is 5. The van der Waals surface area contributed by atoms with Crippen LogP contribution >= 0.6 is 0 Å². The van der Waals surface area contributed by atoms with Crippen LogP contribution in [0.4, 0.5) is 13.2 Å². The Kier molecular flexibility index (Phi) is 8.43. The predicted octanol–water partition coefficient (Wildman–Crippen LogP) is 4.38. The summed E-state index contributed by atoms with van der Waals surface area (Å²) in [6.45, 7) is 1.45. The molecule has 1 amide bonds. The number of hydrogen-bond donors (Lipinski definition) is 1. The van der Waals surface area contributed by atoms with E-state index in [2.05, 4.69) is 11.1 Å². The molecule has 1 N–H and O–H groups in total. The summed E-state index contributed by atoms with van der Waals surface area (Å²) in [7, 11) is 1.64. The van der Waals surface area contributed by atoms with Gasteiger partial charge in [-0.3, -0.25) is 9.78 Å². The first-order valence-corrected chi connectivity index (χ1v) is 12.1. The molecule has 204 valence electrons. The number of ether oxygens (including phenoxy) is 1. The number of amides is 1. The van der Waals surface area contributed by atoms with Crippen LogP contribution in [0, 0.1) is 0 Å². The highest BCUT2D eigenvalue weighted by Gasteiger charge is 2.38. The van der Waals surface area contributed by atoms with Gasteiger partial charge < -0.3 is 14.7 Å². The van der Waals surface area contributed by atoms with Crippen molar-refractivity contribution in [2.45, 2.75) is 31.4 Å². The maximum absolute atomic E-state index is 12.8. The van der Waals surface area contributed by atoms with Gasteiger partial charge in [-0.15, -0.1) is 0 Å². The summed E-state index contributed by atoms with van der Waals surface area (Å²) in [4.78, 5) is 32.4. The van der Waals surface area contributed by atoms with Crippen molar-refractivity contribution in [1.29, 1.82) is 0 Å². The molecule has 3 aromatic heterocycles. The highest BCUT2D eigenvalue weighted by atomic mass is 19.4. The van der Waals surface area contributed by atoms with Crippen LogP contribution in [0.3, 0.4) is 0 Å². The van der Waals surface area contributed by atoms with E-state index in [4.69, 9.17) is 24.7 Å². The van der Waals surface area contributed by atoms with Crippen molar-refractivity contribution < 1.29 is 32.6 Å². The molecule has 0 saturated carbocycles. The van der Waals surface area contributed by atoms with Crippen molar-refractivity contribution in [2.75, 3.05) is 20.2 Å². The van der Waals surface area contributed by atoms with Crippen molar-refractivity contribution in [1.82, 2.24) is 24.5 Å². The number of aromatic nitrogens is 4. The lowest BCUT2D eigenvalue weighted by atomic mass is 9.95. The van der Waals surface area contributed by atoms with E-state index in [9.17, 15) is 18.0 Å². The van der Waals surface area contributed by atoms with Gasteiger partial charge in [0.05, 0.1) is 13.5 Å². The molecular formula is C27H26F3N5O4. The van der Waals surface area contributed by atoms with Crippen LogP contribution in [0.5, 0.6) is 5.75 Å². The molecule has 0 unspecified atom stereocenters. The number of benzene rings is 1. The average Bonchev–Trinajstić information content (AvgIpc) is 3.37. The first-order chi connectivity index (χ1) is 18.6. The minimum Gasteiger partial charge on any atom is -0.497 e. The summed E-state index contributed by atoms with van der Waals surface area (Å²) in [5, 5.41) is 11.9. The third-order valence-corrected chi connectivity index (χ3v) is 6.31. The molecule has 1 aliphatic rings. The van der Waals surface area contributed by atoms with Crippen LogP contribution < -0.4 is 4.74 Å². The molecule has 4 aromatic rings. The number of likely N-dealkylation sites (tertiary alicyclic amines) is 1. The van der Waals surface area contributed by atoms with Gasteiger partial charge in [-0.25, -0.2) is 14.3 Å². The molecule has 0 aliphatic carbocycles. The lowest BCUT2D eigenvalue weighted by molar-refractivity contribution is -0.192. The molecule has 39 heavy (non-hydrogen) atoms. The van der Waals surface area contributed by atoms with Crippen LogP contribution in [-0.2, 0) is 16.0 Å². The average molecular weight is 542 g/mol. The zero-order valence-corrected chi connectivity index (χ0v) is 21.0. The number of methoxy groups -OCH3 is 1. The second kappa shape index (κ2) is 11.9. The SMILES string of the molecule is COc1cccc(CC(=O)N2CCC(c3nc4ccc(-c5ccncc5)cn4n3)CC2)c1.O=C(O)C(F)(F)F. The number of carbonyl (C=O) groups excluding carboxylic acids is 1. The summed E-state index contributed by atoms with van der Waals surface area (Å²) in [6, 6.07) is 15.7. The van der Waals surface area contributed by atoms with Crippen LogP contribution in [0.1, 0.15) is 30.1 Å². The summed E-state index contributed by atoms with van der Waals surface area (Å²) in [5.74, 6) is -0.704. The number of piperidine rings is 1. The quantitative estimate of drug-likeness (QED) is 0.399. The first-order valence-electron chi connectivity index (χ1n) is 12.1. The second-order valence-electron chi connectivity index (χ2n) is 8.91. The van der Waals surface area contributed by atoms with E-state index in [1.165, 1.54) is 0 Å². The maximum atomic E-state index is 12.8. The van der Waals surface area contributed by atoms with Crippen LogP contribution in [0.2, 0.25) is 0 Å². The molecule has 0 atom stereocenters. The molecule has 12 heteroatoms. The normalized spacial score (nSPS) is 14.0. The molecule has 0 bridgehead atoms. The van der Waals surface area contributed by atoms with Gasteiger partial charge in [-0.1, -0.05) is 12.1 Å². The molecule has 0 spiro atoms. The molecule has 4 heterocycles. The summed E-state index contributed by atoms with van der Waals surface area (Å²) >= 11 is 0. The first kappa shape index (κ1) is 27.6. The number of carboxylic acid groups (broad SMARTS) is 1. The van der Waals surface area contributed by atoms with E-state index in [0.717, 1.165) is 59.8 Å². The summed E-state index contributed by atoms with van der Waals surface area (Å²) in [6.07, 6.45) is 2.64. The minimum absolute atomic E-state index is 0.154. The van der Waals surface area contributed by atoms with E-state index in [0.29, 0.717) is 6.42 Å². The number of nitrogens with zero attached hydrogens (tertiary/aromatic N) is 5. The van der Waals surface area contributed by atoms with Crippen LogP contribution in [-0.4, -0.2) is 67.8 Å². The standard InChI is InChI=1S/C25H25N5O2.C2HF3O2/c1-32-22-4-2-3-18(15-22)16-24(31)29-13-9-20(10-14-29)25-27-23-6-5-21(17-30(23)28-25)19-7-11-26-12-8-19;3-2(4,5)1(6)7/h2-8,11-12,15,17,20H,9-10,13-14,16H2,1H3;(H,6,7). The van der Waals surface area contributed by atoms with E-state index in [1.807, 2.05) is 58.1 Å². The fourth-order valence-corrected chi connectivity index (χ4v) is 4.24. The van der Waals surface area contributed by atoms with Gasteiger partial charge in [0.25, 0.3) is 0 Å². The number of carbonyl (C=O) groups is 2. The van der Waals surface area contributed by atoms with Crippen molar-refractivity contribution in [3.63, 3.8) is 0 Å². The molecule has 1 aromatic carbocycles. The van der Waals surface area contributed by atoms with Gasteiger partial charge in [-0.2, -0.15) is 18.3 Å². The fraction of sp³-hybridized carbons (Fsp3) is 0.296. The number of pyridine rings is 2. The van der Waals surface area contributed by atoms with Gasteiger partial charge in [-0.05, 0) is 60.4 Å². The molecule has 0 radical (unpaired) electrons. The predicted molar refractivity (Wildman–Crippen MR) is 135 cm³/mol. The Labute approximate surface area is 221 Å². The lowest BCUT2D eigenvalue weighted by Gasteiger charge is -2.31. The Balaban J connectivity index is 0.000000448. The van der Waals surface area contributed by atoms with E-state index >= 15 is 0 Å². The lowest BCUT2D eigenvalue weighted by Crippen LogP contribution is -2.39. The van der Waals surface area contributed by atoms with Crippen molar-refractivity contribution in [3.05, 3.63) is 78.5 Å². The van der Waals surface area contributed by atoms with Gasteiger partial charge in [0.2, 0.25) is 5.91 Å². The number of hydrogen-bond acceptors (Lipinski definition) is 6. The number of carboxylic acids is 1. The van der Waals surface area contributed by atoms with Gasteiger partial charge in [0.15, 0.2) is 11.5 Å². The second-order valence-corrected chi connectivity index (χ2v) is 8.91. The van der Waals surface area contributed by atoms with E-state index in [1.54, 1.807) is 19.5 Å². The fourth-order valence-electron chi connectivity index (χ4n) is 4.24. The topological polar surface area (TPSA) is 110 Å². The van der Waals surface area contributed by atoms with Gasteiger partial charge in [0.1, 0.15) is 5.75 Å². The minimum atomic E-state index is -5.08. The highest BCUT2D eigenvalue weighted by Crippen LogP contribution is 2.27. The summed E-state index contributed by atoms with van der Waals surface area (Å²) in [5.41, 5.74) is 3.99. The highest BCUT2D eigenvalue weighted by molar-refractivity contribution is 5.79. The smallest absolute Gasteiger partial charge is 0.490 e. The molecule has 1 saturated heterocycles. The molecular weight excluding hydrogens is 515 g/mol. The Hall–Kier alpha value is -4.48. The number of fused-ring (bicyclic) bond motifs is 1. The van der Waals surface area contributed by atoms with Crippen molar-refractivity contribution in [3.8, 4) is 16.9 Å². The molecule has 1 aliphatic heterocycles. The van der Waals surface area contributed by atoms with Gasteiger partial charge in [0, 0.05) is 43.2 Å². The van der Waals surface area contributed by atoms with E-state index < -0.39 is 12.1 Å². The third kappa shape index (κ3) is 7.09. The molecule has 1 fully saturated rings. The summed E-state index contributed by atoms with van der Waals surface area (Å²) < 4.78 is 38.8. The zero-order valence-electron chi connectivity index (χ0n) is 21.0. The van der Waals surface area contributed by atoms with Crippen LogP contribution in [0.25, 0.3) is 16.8 Å². The number of alkyl halides is 3. The van der Waals surface area contributed by atoms with Crippen molar-refractivity contribution in [2.24, 2.45) is 0 Å². The molecule has 9 nitrogen and oxygen atoms in total.